The van der Waals surface area contributed by atoms with Crippen LogP contribution in [0.5, 0.6) is 0 Å². The number of carbonyl (C=O) groups is 3. The van der Waals surface area contributed by atoms with Crippen molar-refractivity contribution >= 4 is 17.8 Å². The van der Waals surface area contributed by atoms with Crippen molar-refractivity contribution < 1.29 is 24.6 Å². The Kier molecular flexibility index (Phi) is 5.05. The summed E-state index contributed by atoms with van der Waals surface area (Å²) in [7, 11) is 0. The summed E-state index contributed by atoms with van der Waals surface area (Å²) in [5.74, 6) is -2.06. The van der Waals surface area contributed by atoms with E-state index in [1.165, 1.54) is 17.9 Å². The van der Waals surface area contributed by atoms with Crippen LogP contribution in [0.15, 0.2) is 12.7 Å². The third-order valence-electron chi connectivity index (χ3n) is 3.00. The van der Waals surface area contributed by atoms with E-state index in [9.17, 15) is 19.5 Å². The van der Waals surface area contributed by atoms with Crippen molar-refractivity contribution in [1.29, 1.82) is 0 Å². The number of rotatable bonds is 5. The molecule has 3 atom stereocenters. The van der Waals surface area contributed by atoms with Gasteiger partial charge in [0.05, 0.1) is 6.10 Å². The number of aliphatic hydroxyl groups excluding tert-OH is 1. The van der Waals surface area contributed by atoms with Crippen LogP contribution in [0.1, 0.15) is 19.8 Å². The van der Waals surface area contributed by atoms with Crippen molar-refractivity contribution in [3.8, 4) is 0 Å². The maximum Gasteiger partial charge on any atom is 0.326 e. The maximum atomic E-state index is 12.0. The lowest BCUT2D eigenvalue weighted by molar-refractivity contribution is -0.143. The first-order chi connectivity index (χ1) is 8.86. The van der Waals surface area contributed by atoms with Gasteiger partial charge in [0.2, 0.25) is 11.8 Å². The number of hydrogen-bond donors (Lipinski definition) is 3. The summed E-state index contributed by atoms with van der Waals surface area (Å²) in [6.45, 7) is 4.82. The predicted molar refractivity (Wildman–Crippen MR) is 66.2 cm³/mol. The van der Waals surface area contributed by atoms with Crippen LogP contribution in [0.4, 0.5) is 0 Å². The van der Waals surface area contributed by atoms with E-state index >= 15 is 0 Å². The smallest absolute Gasteiger partial charge is 0.326 e. The van der Waals surface area contributed by atoms with Gasteiger partial charge in [-0.15, -0.1) is 6.58 Å². The fraction of sp³-hybridized carbons (Fsp3) is 0.583. The van der Waals surface area contributed by atoms with Crippen LogP contribution in [-0.4, -0.2) is 57.6 Å². The van der Waals surface area contributed by atoms with Crippen molar-refractivity contribution in [3.63, 3.8) is 0 Å². The lowest BCUT2D eigenvalue weighted by Gasteiger charge is -2.23. The third-order valence-corrected chi connectivity index (χ3v) is 3.00. The highest BCUT2D eigenvalue weighted by atomic mass is 16.4. The minimum Gasteiger partial charge on any atom is -0.480 e. The van der Waals surface area contributed by atoms with Crippen molar-refractivity contribution in [1.82, 2.24) is 10.2 Å². The number of carbonyl (C=O) groups excluding carboxylic acids is 2. The zero-order valence-electron chi connectivity index (χ0n) is 10.7. The number of carboxylic acids is 1. The first-order valence-electron chi connectivity index (χ1n) is 5.96. The molecule has 1 saturated heterocycles. The standard InChI is InChI=1S/C12H18N2O5/c1-3-4-9(12(18)19)13-11(17)10-5-8(16)6-14(10)7(2)15/h3,8-10,16H,1,4-6H2,2H3,(H,13,17)(H,18,19)/t8-,9-,10+/m1/s1. The fourth-order valence-electron chi connectivity index (χ4n) is 2.07. The van der Waals surface area contributed by atoms with Gasteiger partial charge in [-0.2, -0.15) is 0 Å². The van der Waals surface area contributed by atoms with Crippen LogP contribution in [0.2, 0.25) is 0 Å². The molecule has 0 aromatic rings. The molecule has 7 heteroatoms. The second-order valence-corrected chi connectivity index (χ2v) is 4.50. The quantitative estimate of drug-likeness (QED) is 0.562. The summed E-state index contributed by atoms with van der Waals surface area (Å²) >= 11 is 0. The van der Waals surface area contributed by atoms with Crippen LogP contribution in [0.3, 0.4) is 0 Å². The van der Waals surface area contributed by atoms with Crippen LogP contribution >= 0.6 is 0 Å². The highest BCUT2D eigenvalue weighted by Crippen LogP contribution is 2.18. The highest BCUT2D eigenvalue weighted by Gasteiger charge is 2.38. The molecule has 3 N–H and O–H groups in total. The molecular formula is C12H18N2O5. The molecule has 0 saturated carbocycles. The number of likely N-dealkylation sites (tertiary alicyclic amines) is 1. The highest BCUT2D eigenvalue weighted by molar-refractivity contribution is 5.90. The molecule has 0 unspecified atom stereocenters. The van der Waals surface area contributed by atoms with Gasteiger partial charge in [0.25, 0.3) is 0 Å². The van der Waals surface area contributed by atoms with Gasteiger partial charge >= 0.3 is 5.97 Å². The second kappa shape index (κ2) is 6.33. The summed E-state index contributed by atoms with van der Waals surface area (Å²) in [5.41, 5.74) is 0. The number of nitrogens with one attached hydrogen (secondary N) is 1. The molecule has 106 valence electrons. The van der Waals surface area contributed by atoms with Gasteiger partial charge in [0.1, 0.15) is 12.1 Å². The number of aliphatic hydroxyl groups is 1. The SMILES string of the molecule is C=CC[C@@H](NC(=O)[C@@H]1C[C@@H](O)CN1C(C)=O)C(=O)O. The first-order valence-corrected chi connectivity index (χ1v) is 5.96. The number of hydrogen-bond acceptors (Lipinski definition) is 4. The molecule has 0 aliphatic carbocycles. The molecule has 1 heterocycles. The molecular weight excluding hydrogens is 252 g/mol. The van der Waals surface area contributed by atoms with E-state index in [0.717, 1.165) is 0 Å². The van der Waals surface area contributed by atoms with E-state index in [2.05, 4.69) is 11.9 Å². The van der Waals surface area contributed by atoms with Gasteiger partial charge in [-0.3, -0.25) is 9.59 Å². The molecule has 19 heavy (non-hydrogen) atoms. The molecule has 0 bridgehead atoms. The Morgan fingerprint density at radius 1 is 1.53 bits per heavy atom. The summed E-state index contributed by atoms with van der Waals surface area (Å²) in [4.78, 5) is 35.5. The summed E-state index contributed by atoms with van der Waals surface area (Å²) in [5, 5.41) is 20.8. The van der Waals surface area contributed by atoms with E-state index in [1.807, 2.05) is 0 Å². The van der Waals surface area contributed by atoms with E-state index in [1.54, 1.807) is 0 Å². The van der Waals surface area contributed by atoms with Crippen LogP contribution in [0, 0.1) is 0 Å². The Bertz CT molecular complexity index is 396. The van der Waals surface area contributed by atoms with Crippen molar-refractivity contribution in [3.05, 3.63) is 12.7 Å². The largest absolute Gasteiger partial charge is 0.480 e. The van der Waals surface area contributed by atoms with Gasteiger partial charge in [-0.1, -0.05) is 6.08 Å². The molecule has 2 amide bonds. The van der Waals surface area contributed by atoms with E-state index in [0.29, 0.717) is 0 Å². The van der Waals surface area contributed by atoms with E-state index < -0.39 is 30.1 Å². The number of nitrogens with zero attached hydrogens (tertiary/aromatic N) is 1. The Morgan fingerprint density at radius 2 is 2.16 bits per heavy atom. The molecule has 7 nitrogen and oxygen atoms in total. The number of aliphatic carboxylic acids is 1. The van der Waals surface area contributed by atoms with Gasteiger partial charge in [-0.05, 0) is 6.42 Å². The van der Waals surface area contributed by atoms with Crippen molar-refractivity contribution in [2.45, 2.75) is 38.0 Å². The van der Waals surface area contributed by atoms with E-state index in [-0.39, 0.29) is 25.3 Å². The van der Waals surface area contributed by atoms with Crippen molar-refractivity contribution in [2.24, 2.45) is 0 Å². The molecule has 0 aromatic carbocycles. The number of carboxylic acid groups (broad SMARTS) is 1. The normalized spacial score (nSPS) is 23.8. The molecule has 0 radical (unpaired) electrons. The minimum absolute atomic E-state index is 0.0899. The fourth-order valence-corrected chi connectivity index (χ4v) is 2.07. The molecule has 1 aliphatic heterocycles. The number of β-amino-alcohol motifs (C(OH)–C–C–N with tert-alkyl or cyclic N) is 1. The van der Waals surface area contributed by atoms with Crippen molar-refractivity contribution in [2.75, 3.05) is 6.54 Å². The lowest BCUT2D eigenvalue weighted by Crippen LogP contribution is -2.50. The summed E-state index contributed by atoms with van der Waals surface area (Å²) in [6.07, 6.45) is 0.843. The van der Waals surface area contributed by atoms with Gasteiger partial charge in [0.15, 0.2) is 0 Å². The topological polar surface area (TPSA) is 107 Å². The van der Waals surface area contributed by atoms with Crippen LogP contribution in [-0.2, 0) is 14.4 Å². The first kappa shape index (κ1) is 15.2. The number of amides is 2. The minimum atomic E-state index is -1.17. The summed E-state index contributed by atoms with van der Waals surface area (Å²) < 4.78 is 0. The van der Waals surface area contributed by atoms with Crippen LogP contribution in [0.25, 0.3) is 0 Å². The van der Waals surface area contributed by atoms with Crippen LogP contribution < -0.4 is 5.32 Å². The van der Waals surface area contributed by atoms with Gasteiger partial charge < -0.3 is 20.4 Å². The summed E-state index contributed by atoms with van der Waals surface area (Å²) in [6, 6.07) is -1.89. The molecule has 0 spiro atoms. The zero-order chi connectivity index (χ0) is 14.6. The average Bonchev–Trinajstić information content (AvgIpc) is 2.70. The Hall–Kier alpha value is -1.89. The average molecular weight is 270 g/mol. The maximum absolute atomic E-state index is 12.0. The lowest BCUT2D eigenvalue weighted by atomic mass is 10.1. The molecule has 1 fully saturated rings. The molecule has 1 rings (SSSR count). The Labute approximate surface area is 110 Å². The van der Waals surface area contributed by atoms with Gasteiger partial charge in [0, 0.05) is 19.9 Å². The predicted octanol–water partition coefficient (Wildman–Crippen LogP) is -0.886. The third kappa shape index (κ3) is 3.78. The Balaban J connectivity index is 2.73. The zero-order valence-corrected chi connectivity index (χ0v) is 10.7. The monoisotopic (exact) mass is 270 g/mol. The Morgan fingerprint density at radius 3 is 2.63 bits per heavy atom. The molecule has 1 aliphatic rings. The van der Waals surface area contributed by atoms with E-state index in [4.69, 9.17) is 5.11 Å². The van der Waals surface area contributed by atoms with Gasteiger partial charge in [-0.25, -0.2) is 4.79 Å². The molecule has 0 aromatic heterocycles. The second-order valence-electron chi connectivity index (χ2n) is 4.50.